The molecule has 1 aromatic heterocycles. The molecule has 4 heteroatoms. The second kappa shape index (κ2) is 6.46. The predicted molar refractivity (Wildman–Crippen MR) is 101 cm³/mol. The number of rotatable bonds is 3. The molecule has 0 saturated carbocycles. The number of furan rings is 1. The molecule has 3 nitrogen and oxygen atoms in total. The molecule has 4 aromatic rings. The highest BCUT2D eigenvalue weighted by atomic mass is 35.5. The first-order valence-corrected chi connectivity index (χ1v) is 8.23. The summed E-state index contributed by atoms with van der Waals surface area (Å²) < 4.78 is 5.58. The van der Waals surface area contributed by atoms with Gasteiger partial charge in [0.25, 0.3) is 5.91 Å². The number of carbonyl (C=O) groups excluding carboxylic acids is 1. The molecule has 0 aliphatic heterocycles. The number of amides is 1. The summed E-state index contributed by atoms with van der Waals surface area (Å²) in [6.45, 7) is 0. The number of carbonyl (C=O) groups is 1. The van der Waals surface area contributed by atoms with E-state index >= 15 is 0 Å². The molecule has 0 saturated heterocycles. The standard InChI is InChI=1S/C21H14ClNO2/c22-17-9-5-14(6-10-17)15-7-11-18(12-8-15)23-21(24)20-13-16-3-1-2-4-19(16)25-20/h1-13H,(H,23,24). The van der Waals surface area contributed by atoms with Gasteiger partial charge in [-0.2, -0.15) is 0 Å². The first-order valence-electron chi connectivity index (χ1n) is 7.85. The van der Waals surface area contributed by atoms with Crippen LogP contribution in [0, 0.1) is 0 Å². The van der Waals surface area contributed by atoms with E-state index in [9.17, 15) is 4.79 Å². The van der Waals surface area contributed by atoms with Crippen LogP contribution in [0.15, 0.2) is 83.3 Å². The molecule has 1 amide bonds. The Hall–Kier alpha value is -3.04. The van der Waals surface area contributed by atoms with E-state index in [0.717, 1.165) is 16.5 Å². The van der Waals surface area contributed by atoms with Crippen molar-refractivity contribution in [1.29, 1.82) is 0 Å². The summed E-state index contributed by atoms with van der Waals surface area (Å²) in [5, 5.41) is 4.47. The van der Waals surface area contributed by atoms with Crippen LogP contribution in [0.2, 0.25) is 5.02 Å². The average molecular weight is 348 g/mol. The maximum atomic E-state index is 12.4. The number of fused-ring (bicyclic) bond motifs is 1. The fraction of sp³-hybridized carbons (Fsp3) is 0. The molecule has 3 aromatic carbocycles. The molecule has 0 aliphatic carbocycles. The van der Waals surface area contributed by atoms with E-state index in [0.29, 0.717) is 22.1 Å². The van der Waals surface area contributed by atoms with E-state index in [2.05, 4.69) is 5.32 Å². The van der Waals surface area contributed by atoms with E-state index in [4.69, 9.17) is 16.0 Å². The molecule has 0 unspecified atom stereocenters. The fourth-order valence-electron chi connectivity index (χ4n) is 2.67. The van der Waals surface area contributed by atoms with Gasteiger partial charge in [0.2, 0.25) is 0 Å². The third kappa shape index (κ3) is 3.28. The van der Waals surface area contributed by atoms with Crippen molar-refractivity contribution in [2.75, 3.05) is 5.32 Å². The van der Waals surface area contributed by atoms with Gasteiger partial charge in [0.1, 0.15) is 5.58 Å². The second-order valence-electron chi connectivity index (χ2n) is 5.69. The second-order valence-corrected chi connectivity index (χ2v) is 6.12. The Labute approximate surface area is 149 Å². The Morgan fingerprint density at radius 1 is 0.840 bits per heavy atom. The highest BCUT2D eigenvalue weighted by Gasteiger charge is 2.12. The summed E-state index contributed by atoms with van der Waals surface area (Å²) in [7, 11) is 0. The van der Waals surface area contributed by atoms with Crippen molar-refractivity contribution in [3.63, 3.8) is 0 Å². The first kappa shape index (κ1) is 15.5. The molecule has 1 heterocycles. The number of halogens is 1. The third-order valence-electron chi connectivity index (χ3n) is 3.97. The molecule has 1 N–H and O–H groups in total. The summed E-state index contributed by atoms with van der Waals surface area (Å²) in [6, 6.07) is 24.6. The number of nitrogens with one attached hydrogen (secondary N) is 1. The molecular formula is C21H14ClNO2. The van der Waals surface area contributed by atoms with Gasteiger partial charge in [-0.3, -0.25) is 4.79 Å². The van der Waals surface area contributed by atoms with E-state index < -0.39 is 0 Å². The quantitative estimate of drug-likeness (QED) is 0.493. The summed E-state index contributed by atoms with van der Waals surface area (Å²) >= 11 is 5.91. The van der Waals surface area contributed by atoms with Crippen LogP contribution in [0.5, 0.6) is 0 Å². The zero-order valence-electron chi connectivity index (χ0n) is 13.2. The first-order chi connectivity index (χ1) is 12.2. The SMILES string of the molecule is O=C(Nc1ccc(-c2ccc(Cl)cc2)cc1)c1cc2ccccc2o1. The van der Waals surface area contributed by atoms with Crippen LogP contribution in [0.25, 0.3) is 22.1 Å². The lowest BCUT2D eigenvalue weighted by Crippen LogP contribution is -2.10. The Morgan fingerprint density at radius 3 is 2.16 bits per heavy atom. The monoisotopic (exact) mass is 347 g/mol. The molecular weight excluding hydrogens is 334 g/mol. The Bertz CT molecular complexity index is 1000. The number of hydrogen-bond acceptors (Lipinski definition) is 2. The lowest BCUT2D eigenvalue weighted by molar-refractivity contribution is 0.0998. The van der Waals surface area contributed by atoms with Gasteiger partial charge in [0.05, 0.1) is 0 Å². The molecule has 0 spiro atoms. The van der Waals surface area contributed by atoms with E-state index in [1.807, 2.05) is 72.8 Å². The number of hydrogen-bond donors (Lipinski definition) is 1. The maximum Gasteiger partial charge on any atom is 0.291 e. The minimum Gasteiger partial charge on any atom is -0.451 e. The van der Waals surface area contributed by atoms with Crippen LogP contribution < -0.4 is 5.32 Å². The molecule has 25 heavy (non-hydrogen) atoms. The number of anilines is 1. The molecule has 0 bridgehead atoms. The van der Waals surface area contributed by atoms with Crippen LogP contribution in [0.3, 0.4) is 0 Å². The van der Waals surface area contributed by atoms with E-state index in [1.54, 1.807) is 6.07 Å². The van der Waals surface area contributed by atoms with E-state index in [-0.39, 0.29) is 5.91 Å². The highest BCUT2D eigenvalue weighted by Crippen LogP contribution is 2.24. The van der Waals surface area contributed by atoms with Gasteiger partial charge in [-0.1, -0.05) is 54.1 Å². The Balaban J connectivity index is 1.52. The largest absolute Gasteiger partial charge is 0.451 e. The van der Waals surface area contributed by atoms with Gasteiger partial charge in [-0.05, 0) is 47.5 Å². The van der Waals surface area contributed by atoms with Gasteiger partial charge in [0.15, 0.2) is 5.76 Å². The topological polar surface area (TPSA) is 42.2 Å². The fourth-order valence-corrected chi connectivity index (χ4v) is 2.80. The summed E-state index contributed by atoms with van der Waals surface area (Å²) in [5.41, 5.74) is 3.53. The van der Waals surface area contributed by atoms with Crippen LogP contribution in [0.1, 0.15) is 10.6 Å². The van der Waals surface area contributed by atoms with Crippen molar-refractivity contribution in [1.82, 2.24) is 0 Å². The lowest BCUT2D eigenvalue weighted by Gasteiger charge is -2.06. The van der Waals surface area contributed by atoms with Crippen molar-refractivity contribution < 1.29 is 9.21 Å². The predicted octanol–water partition coefficient (Wildman–Crippen LogP) is 6.01. The number of para-hydroxylation sites is 1. The van der Waals surface area contributed by atoms with Crippen molar-refractivity contribution in [2.45, 2.75) is 0 Å². The zero-order valence-corrected chi connectivity index (χ0v) is 14.0. The highest BCUT2D eigenvalue weighted by molar-refractivity contribution is 6.30. The normalized spacial score (nSPS) is 10.8. The molecule has 0 radical (unpaired) electrons. The molecule has 0 fully saturated rings. The van der Waals surface area contributed by atoms with Crippen molar-refractivity contribution in [2.24, 2.45) is 0 Å². The van der Waals surface area contributed by atoms with Gasteiger partial charge in [-0.15, -0.1) is 0 Å². The molecule has 0 atom stereocenters. The zero-order chi connectivity index (χ0) is 17.2. The third-order valence-corrected chi connectivity index (χ3v) is 4.22. The number of benzene rings is 3. The Kier molecular flexibility index (Phi) is 4.00. The average Bonchev–Trinajstić information content (AvgIpc) is 3.07. The van der Waals surface area contributed by atoms with Crippen molar-refractivity contribution in [3.05, 3.63) is 89.6 Å². The van der Waals surface area contributed by atoms with Gasteiger partial charge in [-0.25, -0.2) is 0 Å². The van der Waals surface area contributed by atoms with Crippen LogP contribution >= 0.6 is 11.6 Å². The van der Waals surface area contributed by atoms with Crippen LogP contribution in [0.4, 0.5) is 5.69 Å². The minimum atomic E-state index is -0.268. The van der Waals surface area contributed by atoms with Gasteiger partial charge < -0.3 is 9.73 Å². The minimum absolute atomic E-state index is 0.268. The maximum absolute atomic E-state index is 12.4. The van der Waals surface area contributed by atoms with E-state index in [1.165, 1.54) is 0 Å². The van der Waals surface area contributed by atoms with Crippen molar-refractivity contribution >= 4 is 34.2 Å². The smallest absolute Gasteiger partial charge is 0.291 e. The van der Waals surface area contributed by atoms with Crippen molar-refractivity contribution in [3.8, 4) is 11.1 Å². The molecule has 122 valence electrons. The lowest BCUT2D eigenvalue weighted by atomic mass is 10.1. The van der Waals surface area contributed by atoms with Gasteiger partial charge >= 0.3 is 0 Å². The summed E-state index contributed by atoms with van der Waals surface area (Å²) in [4.78, 5) is 12.4. The van der Waals surface area contributed by atoms with Crippen LogP contribution in [-0.2, 0) is 0 Å². The molecule has 0 aliphatic rings. The van der Waals surface area contributed by atoms with Crippen LogP contribution in [-0.4, -0.2) is 5.91 Å². The summed E-state index contributed by atoms with van der Waals surface area (Å²) in [6.07, 6.45) is 0. The Morgan fingerprint density at radius 2 is 1.48 bits per heavy atom. The summed E-state index contributed by atoms with van der Waals surface area (Å²) in [5.74, 6) is 0.0263. The molecule has 4 rings (SSSR count). The van der Waals surface area contributed by atoms with Gasteiger partial charge in [0, 0.05) is 16.1 Å².